The molecule has 1 rings (SSSR count). The van der Waals surface area contributed by atoms with Gasteiger partial charge in [-0.3, -0.25) is 0 Å². The van der Waals surface area contributed by atoms with Crippen molar-refractivity contribution in [3.63, 3.8) is 0 Å². The molecule has 1 nitrogen and oxygen atoms in total. The molecule has 1 heteroatoms. The molecule has 1 aromatic carbocycles. The molecule has 18 heavy (non-hydrogen) atoms. The van der Waals surface area contributed by atoms with E-state index in [4.69, 9.17) is 0 Å². The van der Waals surface area contributed by atoms with Crippen molar-refractivity contribution in [3.8, 4) is 0 Å². The quantitative estimate of drug-likeness (QED) is 0.621. The summed E-state index contributed by atoms with van der Waals surface area (Å²) < 4.78 is 0. The second kappa shape index (κ2) is 9.16. The van der Waals surface area contributed by atoms with Crippen LogP contribution in [0.2, 0.25) is 0 Å². The molecule has 0 amide bonds. The first kappa shape index (κ1) is 15.2. The number of hydrogen-bond donors (Lipinski definition) is 1. The van der Waals surface area contributed by atoms with Crippen LogP contribution in [0, 0.1) is 13.8 Å². The fraction of sp³-hybridized carbons (Fsp3) is 0.647. The first-order chi connectivity index (χ1) is 8.74. The number of aryl methyl sites for hydroxylation is 2. The Hall–Kier alpha value is -0.820. The van der Waals surface area contributed by atoms with Crippen molar-refractivity contribution < 1.29 is 0 Å². The van der Waals surface area contributed by atoms with E-state index in [1.165, 1.54) is 55.2 Å². The fourth-order valence-corrected chi connectivity index (χ4v) is 2.30. The summed E-state index contributed by atoms with van der Waals surface area (Å²) in [7, 11) is 0. The average molecular weight is 247 g/mol. The molecule has 1 aromatic rings. The van der Waals surface area contributed by atoms with Crippen LogP contribution >= 0.6 is 0 Å². The third-order valence-electron chi connectivity index (χ3n) is 3.52. The zero-order valence-corrected chi connectivity index (χ0v) is 12.4. The molecule has 0 fully saturated rings. The van der Waals surface area contributed by atoms with Crippen molar-refractivity contribution in [2.45, 2.75) is 65.8 Å². The molecular weight excluding hydrogens is 218 g/mol. The van der Waals surface area contributed by atoms with E-state index in [0.717, 1.165) is 13.1 Å². The lowest BCUT2D eigenvalue weighted by Gasteiger charge is -2.08. The molecule has 0 aliphatic carbocycles. The summed E-state index contributed by atoms with van der Waals surface area (Å²) in [6, 6.07) is 6.72. The predicted molar refractivity (Wildman–Crippen MR) is 81.0 cm³/mol. The molecular formula is C17H29N. The van der Waals surface area contributed by atoms with Gasteiger partial charge in [0.15, 0.2) is 0 Å². The normalized spacial score (nSPS) is 10.8. The minimum Gasteiger partial charge on any atom is -0.313 e. The van der Waals surface area contributed by atoms with Gasteiger partial charge in [-0.15, -0.1) is 0 Å². The highest BCUT2D eigenvalue weighted by molar-refractivity contribution is 5.30. The predicted octanol–water partition coefficient (Wildman–Crippen LogP) is 4.75. The fourth-order valence-electron chi connectivity index (χ4n) is 2.30. The Morgan fingerprint density at radius 2 is 1.67 bits per heavy atom. The summed E-state index contributed by atoms with van der Waals surface area (Å²) in [5, 5.41) is 3.55. The van der Waals surface area contributed by atoms with Crippen LogP contribution in [0.25, 0.3) is 0 Å². The van der Waals surface area contributed by atoms with E-state index in [9.17, 15) is 0 Å². The lowest BCUT2D eigenvalue weighted by atomic mass is 10.1. The summed E-state index contributed by atoms with van der Waals surface area (Å²) >= 11 is 0. The standard InChI is InChI=1S/C17H29N/c1-4-5-6-7-8-9-12-18-14-17-11-10-15(2)13-16(17)3/h10-11,13,18H,4-9,12,14H2,1-3H3. The molecule has 0 saturated heterocycles. The van der Waals surface area contributed by atoms with Crippen LogP contribution in [0.5, 0.6) is 0 Å². The van der Waals surface area contributed by atoms with Crippen LogP contribution in [-0.2, 0) is 6.54 Å². The minimum atomic E-state index is 1.01. The molecule has 0 unspecified atom stereocenters. The van der Waals surface area contributed by atoms with Crippen molar-refractivity contribution in [1.82, 2.24) is 5.32 Å². The first-order valence-electron chi connectivity index (χ1n) is 7.51. The van der Waals surface area contributed by atoms with Crippen LogP contribution in [0.3, 0.4) is 0 Å². The molecule has 1 N–H and O–H groups in total. The number of rotatable bonds is 9. The summed E-state index contributed by atoms with van der Waals surface area (Å²) in [4.78, 5) is 0. The Kier molecular flexibility index (Phi) is 7.75. The van der Waals surface area contributed by atoms with E-state index in [2.05, 4.69) is 44.3 Å². The average Bonchev–Trinajstić information content (AvgIpc) is 2.35. The molecule has 0 aromatic heterocycles. The molecule has 0 radical (unpaired) electrons. The van der Waals surface area contributed by atoms with Crippen LogP contribution in [0.15, 0.2) is 18.2 Å². The van der Waals surface area contributed by atoms with Crippen molar-refractivity contribution in [2.24, 2.45) is 0 Å². The Balaban J connectivity index is 2.07. The largest absolute Gasteiger partial charge is 0.313 e. The highest BCUT2D eigenvalue weighted by atomic mass is 14.8. The van der Waals surface area contributed by atoms with Crippen molar-refractivity contribution in [1.29, 1.82) is 0 Å². The van der Waals surface area contributed by atoms with E-state index in [1.54, 1.807) is 0 Å². The first-order valence-corrected chi connectivity index (χ1v) is 7.51. The number of nitrogens with one attached hydrogen (secondary N) is 1. The van der Waals surface area contributed by atoms with Gasteiger partial charge in [0.2, 0.25) is 0 Å². The summed E-state index contributed by atoms with van der Waals surface area (Å²) in [5.41, 5.74) is 4.20. The maximum Gasteiger partial charge on any atom is 0.0208 e. The van der Waals surface area contributed by atoms with Crippen molar-refractivity contribution >= 4 is 0 Å². The van der Waals surface area contributed by atoms with Crippen molar-refractivity contribution in [3.05, 3.63) is 34.9 Å². The maximum atomic E-state index is 3.55. The van der Waals surface area contributed by atoms with Crippen molar-refractivity contribution in [2.75, 3.05) is 6.54 Å². The minimum absolute atomic E-state index is 1.01. The molecule has 0 atom stereocenters. The summed E-state index contributed by atoms with van der Waals surface area (Å²) in [6.07, 6.45) is 8.24. The molecule has 0 saturated carbocycles. The van der Waals surface area contributed by atoms with Gasteiger partial charge >= 0.3 is 0 Å². The SMILES string of the molecule is CCCCCCCCNCc1ccc(C)cc1C. The molecule has 102 valence electrons. The highest BCUT2D eigenvalue weighted by Gasteiger charge is 1.97. The van der Waals surface area contributed by atoms with E-state index < -0.39 is 0 Å². The third kappa shape index (κ3) is 6.20. The van der Waals surface area contributed by atoms with E-state index in [1.807, 2.05) is 0 Å². The topological polar surface area (TPSA) is 12.0 Å². The van der Waals surface area contributed by atoms with Gasteiger partial charge in [-0.05, 0) is 37.9 Å². The molecule has 0 bridgehead atoms. The molecule has 0 spiro atoms. The Bertz CT molecular complexity index is 330. The molecule has 0 aliphatic heterocycles. The Morgan fingerprint density at radius 1 is 0.944 bits per heavy atom. The Labute approximate surface area is 113 Å². The zero-order valence-electron chi connectivity index (χ0n) is 12.4. The lowest BCUT2D eigenvalue weighted by Crippen LogP contribution is -2.15. The lowest BCUT2D eigenvalue weighted by molar-refractivity contribution is 0.571. The monoisotopic (exact) mass is 247 g/mol. The van der Waals surface area contributed by atoms with Crippen LogP contribution in [0.1, 0.15) is 62.1 Å². The van der Waals surface area contributed by atoms with E-state index >= 15 is 0 Å². The second-order valence-corrected chi connectivity index (χ2v) is 5.37. The summed E-state index contributed by atoms with van der Waals surface area (Å²) in [5.74, 6) is 0. The maximum absolute atomic E-state index is 3.55. The van der Waals surface area contributed by atoms with Gasteiger partial charge < -0.3 is 5.32 Å². The van der Waals surface area contributed by atoms with Gasteiger partial charge in [0.25, 0.3) is 0 Å². The number of hydrogen-bond acceptors (Lipinski definition) is 1. The van der Waals surface area contributed by atoms with Gasteiger partial charge in [0.05, 0.1) is 0 Å². The number of unbranched alkanes of at least 4 members (excludes halogenated alkanes) is 5. The van der Waals surface area contributed by atoms with E-state index in [-0.39, 0.29) is 0 Å². The van der Waals surface area contributed by atoms with Gasteiger partial charge in [-0.2, -0.15) is 0 Å². The van der Waals surface area contributed by atoms with Crippen LogP contribution in [-0.4, -0.2) is 6.54 Å². The smallest absolute Gasteiger partial charge is 0.0208 e. The Morgan fingerprint density at radius 3 is 2.39 bits per heavy atom. The highest BCUT2D eigenvalue weighted by Crippen LogP contribution is 2.10. The number of benzene rings is 1. The van der Waals surface area contributed by atoms with Crippen LogP contribution in [0.4, 0.5) is 0 Å². The molecule has 0 heterocycles. The zero-order chi connectivity index (χ0) is 13.2. The van der Waals surface area contributed by atoms with Gasteiger partial charge in [0.1, 0.15) is 0 Å². The summed E-state index contributed by atoms with van der Waals surface area (Å²) in [6.45, 7) is 8.79. The van der Waals surface area contributed by atoms with Gasteiger partial charge in [-0.1, -0.05) is 62.8 Å². The van der Waals surface area contributed by atoms with E-state index in [0.29, 0.717) is 0 Å². The second-order valence-electron chi connectivity index (χ2n) is 5.37. The molecule has 0 aliphatic rings. The third-order valence-corrected chi connectivity index (χ3v) is 3.52. The van der Waals surface area contributed by atoms with Gasteiger partial charge in [0, 0.05) is 6.54 Å². The van der Waals surface area contributed by atoms with Gasteiger partial charge in [-0.25, -0.2) is 0 Å². The van der Waals surface area contributed by atoms with Crippen LogP contribution < -0.4 is 5.32 Å².